The van der Waals surface area contributed by atoms with Crippen molar-refractivity contribution in [2.45, 2.75) is 25.3 Å². The van der Waals surface area contributed by atoms with Crippen molar-refractivity contribution >= 4 is 5.78 Å². The minimum absolute atomic E-state index is 0.000764. The maximum absolute atomic E-state index is 12.5. The lowest BCUT2D eigenvalue weighted by Crippen LogP contribution is -2.52. The first kappa shape index (κ1) is 13.1. The Morgan fingerprint density at radius 3 is 1.43 bits per heavy atom. The summed E-state index contributed by atoms with van der Waals surface area (Å²) in [5.41, 5.74) is 0. The van der Waals surface area contributed by atoms with Crippen LogP contribution in [0.15, 0.2) is 0 Å². The molecule has 2 nitrogen and oxygen atoms in total. The van der Waals surface area contributed by atoms with Crippen molar-refractivity contribution < 1.29 is 40.3 Å². The molecule has 0 saturated carbocycles. The van der Waals surface area contributed by atoms with Gasteiger partial charge in [0.1, 0.15) is 0 Å². The molecule has 0 radical (unpaired) electrons. The van der Waals surface area contributed by atoms with E-state index in [4.69, 9.17) is 0 Å². The predicted octanol–water partition coefficient (Wildman–Crippen LogP) is 2.34. The number of Topliss-reactive ketones (excluding diaryl/α,β-unsaturated/α-hetero) is 1. The first-order valence-electron chi connectivity index (χ1n) is 2.94. The van der Waals surface area contributed by atoms with E-state index in [1.165, 1.54) is 0 Å². The number of ketones is 1. The maximum atomic E-state index is 12.5. The number of rotatable bonds is 2. The van der Waals surface area contributed by atoms with Crippen LogP contribution in [0.1, 0.15) is 6.92 Å². The van der Waals surface area contributed by atoms with E-state index in [9.17, 15) is 35.5 Å². The highest BCUT2D eigenvalue weighted by Crippen LogP contribution is 2.40. The molecule has 84 valence electrons. The van der Waals surface area contributed by atoms with Crippen molar-refractivity contribution in [3.63, 3.8) is 0 Å². The minimum atomic E-state index is -6.08. The van der Waals surface area contributed by atoms with Crippen LogP contribution in [-0.4, -0.2) is 24.2 Å². The third-order valence-corrected chi connectivity index (χ3v) is 1.07. The van der Waals surface area contributed by atoms with Crippen LogP contribution in [0, 0.1) is 0 Å². The summed E-state index contributed by atoms with van der Waals surface area (Å²) >= 11 is 0. The van der Waals surface area contributed by atoms with Crippen LogP contribution in [0.2, 0.25) is 0 Å². The van der Waals surface area contributed by atoms with Crippen LogP contribution in [0.25, 0.3) is 0 Å². The Hall–Kier alpha value is -0.860. The zero-order valence-corrected chi connectivity index (χ0v) is 6.46. The topological polar surface area (TPSA) is 26.3 Å². The van der Waals surface area contributed by atoms with Crippen LogP contribution < -0.4 is 0 Å². The van der Waals surface area contributed by atoms with Gasteiger partial charge in [0.05, 0.1) is 0 Å². The normalized spacial score (nSPS) is 17.7. The van der Waals surface area contributed by atoms with Crippen molar-refractivity contribution in [3.8, 4) is 0 Å². The molecule has 0 aliphatic rings. The lowest BCUT2D eigenvalue weighted by molar-refractivity contribution is -0.431. The second kappa shape index (κ2) is 3.37. The molecule has 9 heteroatoms. The minimum Gasteiger partial charge on any atom is -0.293 e. The molecule has 0 aromatic heterocycles. The monoisotopic (exact) mass is 228 g/mol. The van der Waals surface area contributed by atoms with Gasteiger partial charge in [0.2, 0.25) is 5.78 Å². The van der Waals surface area contributed by atoms with E-state index in [0.717, 1.165) is 0 Å². The SMILES string of the molecule is CC(=O)C(F)(OC(F)(F)F)C(F)(F)F. The fourth-order valence-corrected chi connectivity index (χ4v) is 0.489. The molecule has 0 amide bonds. The number of alkyl halides is 7. The van der Waals surface area contributed by atoms with Gasteiger partial charge in [-0.1, -0.05) is 0 Å². The van der Waals surface area contributed by atoms with Gasteiger partial charge in [-0.3, -0.25) is 4.79 Å². The van der Waals surface area contributed by atoms with E-state index >= 15 is 0 Å². The van der Waals surface area contributed by atoms with Crippen molar-refractivity contribution in [3.05, 3.63) is 0 Å². The number of hydrogen-bond donors (Lipinski definition) is 0. The van der Waals surface area contributed by atoms with Crippen LogP contribution >= 0.6 is 0 Å². The maximum Gasteiger partial charge on any atom is 0.525 e. The number of hydrogen-bond acceptors (Lipinski definition) is 2. The van der Waals surface area contributed by atoms with Crippen molar-refractivity contribution in [2.24, 2.45) is 0 Å². The molecule has 0 saturated heterocycles. The standard InChI is InChI=1S/C5H3F7O2/c1-2(13)3(6,4(7,8)9)14-5(10,11)12/h1H3. The first-order chi connectivity index (χ1) is 5.90. The van der Waals surface area contributed by atoms with E-state index < -0.39 is 24.2 Å². The molecular formula is C5H3F7O2. The van der Waals surface area contributed by atoms with Gasteiger partial charge in [-0.25, -0.2) is 4.74 Å². The van der Waals surface area contributed by atoms with Crippen molar-refractivity contribution in [1.29, 1.82) is 0 Å². The second-order valence-corrected chi connectivity index (χ2v) is 2.20. The van der Waals surface area contributed by atoms with Gasteiger partial charge in [0.15, 0.2) is 0 Å². The molecule has 0 spiro atoms. The summed E-state index contributed by atoms with van der Waals surface area (Å²) in [6, 6.07) is 0. The molecule has 14 heavy (non-hydrogen) atoms. The largest absolute Gasteiger partial charge is 0.525 e. The van der Waals surface area contributed by atoms with E-state index in [0.29, 0.717) is 0 Å². The summed E-state index contributed by atoms with van der Waals surface area (Å²) in [6.07, 6.45) is -12.0. The van der Waals surface area contributed by atoms with E-state index in [1.807, 2.05) is 0 Å². The van der Waals surface area contributed by atoms with Crippen LogP contribution in [0.5, 0.6) is 0 Å². The molecular weight excluding hydrogens is 225 g/mol. The molecule has 0 aliphatic carbocycles. The molecule has 0 rings (SSSR count). The van der Waals surface area contributed by atoms with E-state index in [2.05, 4.69) is 4.74 Å². The molecule has 0 aliphatic heterocycles. The Kier molecular flexibility index (Phi) is 3.16. The van der Waals surface area contributed by atoms with Crippen LogP contribution in [-0.2, 0) is 9.53 Å². The molecule has 0 fully saturated rings. The molecule has 1 unspecified atom stereocenters. The quantitative estimate of drug-likeness (QED) is 0.678. The fourth-order valence-electron chi connectivity index (χ4n) is 0.489. The summed E-state index contributed by atoms with van der Waals surface area (Å²) < 4.78 is 83.6. The van der Waals surface area contributed by atoms with Gasteiger partial charge in [-0.2, -0.15) is 17.6 Å². The second-order valence-electron chi connectivity index (χ2n) is 2.20. The highest BCUT2D eigenvalue weighted by Gasteiger charge is 2.66. The molecule has 1 atom stereocenters. The Morgan fingerprint density at radius 1 is 1.00 bits per heavy atom. The van der Waals surface area contributed by atoms with Crippen LogP contribution in [0.4, 0.5) is 30.7 Å². The summed E-state index contributed by atoms with van der Waals surface area (Å²) in [6.45, 7) is -0.000764. The summed E-state index contributed by atoms with van der Waals surface area (Å²) in [5.74, 6) is -7.77. The highest BCUT2D eigenvalue weighted by atomic mass is 19.4. The van der Waals surface area contributed by atoms with Gasteiger partial charge in [0.25, 0.3) is 0 Å². The van der Waals surface area contributed by atoms with E-state index in [-0.39, 0.29) is 6.92 Å². The molecule has 0 aromatic carbocycles. The molecule has 0 heterocycles. The summed E-state index contributed by atoms with van der Waals surface area (Å²) in [7, 11) is 0. The van der Waals surface area contributed by atoms with Gasteiger partial charge in [0, 0.05) is 6.92 Å². The number of carbonyl (C=O) groups excluding carboxylic acids is 1. The Balaban J connectivity index is 5.04. The molecule has 0 aromatic rings. The number of ether oxygens (including phenoxy) is 1. The number of halogens is 7. The zero-order valence-electron chi connectivity index (χ0n) is 6.46. The van der Waals surface area contributed by atoms with Gasteiger partial charge in [-0.15, -0.1) is 13.2 Å². The van der Waals surface area contributed by atoms with Gasteiger partial charge < -0.3 is 0 Å². The Morgan fingerprint density at radius 2 is 1.36 bits per heavy atom. The highest BCUT2D eigenvalue weighted by molar-refractivity contribution is 5.84. The summed E-state index contributed by atoms with van der Waals surface area (Å²) in [5, 5.41) is 0. The molecule has 0 bridgehead atoms. The van der Waals surface area contributed by atoms with Crippen LogP contribution in [0.3, 0.4) is 0 Å². The Bertz CT molecular complexity index is 229. The van der Waals surface area contributed by atoms with Gasteiger partial charge >= 0.3 is 18.4 Å². The summed E-state index contributed by atoms with van der Waals surface area (Å²) in [4.78, 5) is 10.1. The van der Waals surface area contributed by atoms with Gasteiger partial charge in [-0.05, 0) is 0 Å². The fraction of sp³-hybridized carbons (Fsp3) is 0.800. The first-order valence-corrected chi connectivity index (χ1v) is 2.94. The third-order valence-electron chi connectivity index (χ3n) is 1.07. The molecule has 0 N–H and O–H groups in total. The lowest BCUT2D eigenvalue weighted by Gasteiger charge is -2.25. The van der Waals surface area contributed by atoms with Crippen molar-refractivity contribution in [2.75, 3.05) is 0 Å². The Labute approximate surface area is 72.6 Å². The van der Waals surface area contributed by atoms with E-state index in [1.54, 1.807) is 0 Å². The van der Waals surface area contributed by atoms with Crippen molar-refractivity contribution in [1.82, 2.24) is 0 Å². The zero-order chi connectivity index (χ0) is 11.8. The smallest absolute Gasteiger partial charge is 0.293 e. The average molecular weight is 228 g/mol. The number of carbonyl (C=O) groups is 1. The lowest BCUT2D eigenvalue weighted by atomic mass is 10.2. The predicted molar refractivity (Wildman–Crippen MR) is 27.7 cm³/mol. The third kappa shape index (κ3) is 2.82. The average Bonchev–Trinajstić information content (AvgIpc) is 1.79.